The predicted molar refractivity (Wildman–Crippen MR) is 163 cm³/mol. The highest BCUT2D eigenvalue weighted by Gasteiger charge is 2.20. The van der Waals surface area contributed by atoms with Gasteiger partial charge in [0.15, 0.2) is 0 Å². The third kappa shape index (κ3) is 8.22. The zero-order valence-electron chi connectivity index (χ0n) is 25.4. The molecule has 1 saturated heterocycles. The molecule has 46 heavy (non-hydrogen) atoms. The fraction of sp³-hybridized carbons (Fsp3) is 0.273. The Labute approximate surface area is 263 Å². The highest BCUT2D eigenvalue weighted by Crippen LogP contribution is 2.26. The molecule has 0 radical (unpaired) electrons. The summed E-state index contributed by atoms with van der Waals surface area (Å²) >= 11 is 0. The van der Waals surface area contributed by atoms with E-state index < -0.39 is 35.7 Å². The van der Waals surface area contributed by atoms with Gasteiger partial charge in [-0.05, 0) is 42.8 Å². The maximum Gasteiger partial charge on any atom is 0.337 e. The Morgan fingerprint density at radius 2 is 1.78 bits per heavy atom. The van der Waals surface area contributed by atoms with Crippen LogP contribution >= 0.6 is 0 Å². The van der Waals surface area contributed by atoms with Gasteiger partial charge in [0.2, 0.25) is 11.8 Å². The first-order valence-electron chi connectivity index (χ1n) is 14.5. The van der Waals surface area contributed by atoms with Crippen molar-refractivity contribution in [3.8, 4) is 17.6 Å². The molecule has 0 unspecified atom stereocenters. The number of rotatable bonds is 11. The molecule has 0 spiro atoms. The summed E-state index contributed by atoms with van der Waals surface area (Å²) in [5.41, 5.74) is 0.982. The van der Waals surface area contributed by atoms with Crippen molar-refractivity contribution in [3.63, 3.8) is 0 Å². The lowest BCUT2D eigenvalue weighted by Crippen LogP contribution is -2.33. The van der Waals surface area contributed by atoms with Gasteiger partial charge >= 0.3 is 5.97 Å². The fourth-order valence-corrected chi connectivity index (χ4v) is 4.37. The standard InChI is InChI=1S/C31H26F3N5O5.C2H6/c1-42-31(41)19-4-5-26(27(12-19)36-16-22-7-9-43-22)37-29(40)13-21-11-25(34)28(14-24(21)33)39-8-6-30(38-39)44-17-20-3-2-18(15-35)10-23(20)32;1-2/h2-6,8,10-12,14,22,36H,7,9,13,16-17H2,1H3,(H,37,40);1-2H3/t22-;/m0./s1. The van der Waals surface area contributed by atoms with E-state index in [1.54, 1.807) is 0 Å². The van der Waals surface area contributed by atoms with Crippen LogP contribution in [0.1, 0.15) is 47.3 Å². The number of carbonyl (C=O) groups is 2. The van der Waals surface area contributed by atoms with Gasteiger partial charge in [-0.15, -0.1) is 5.10 Å². The molecule has 13 heteroatoms. The Kier molecular flexibility index (Phi) is 11.4. The quantitative estimate of drug-likeness (QED) is 0.194. The molecule has 1 fully saturated rings. The second-order valence-corrected chi connectivity index (χ2v) is 9.84. The molecule has 10 nitrogen and oxygen atoms in total. The number of ether oxygens (including phenoxy) is 3. The molecular formula is C33H32F3N5O5. The number of aromatic nitrogens is 2. The number of anilines is 2. The maximum absolute atomic E-state index is 15.1. The van der Waals surface area contributed by atoms with E-state index in [1.807, 2.05) is 19.9 Å². The van der Waals surface area contributed by atoms with Crippen LogP contribution in [0.2, 0.25) is 0 Å². The van der Waals surface area contributed by atoms with Crippen molar-refractivity contribution in [2.75, 3.05) is 30.9 Å². The number of hydrogen-bond acceptors (Lipinski definition) is 8. The largest absolute Gasteiger partial charge is 0.472 e. The molecule has 4 aromatic rings. The van der Waals surface area contributed by atoms with Gasteiger partial charge in [0.25, 0.3) is 0 Å². The van der Waals surface area contributed by atoms with E-state index in [0.717, 1.165) is 29.3 Å². The van der Waals surface area contributed by atoms with Crippen LogP contribution in [0.25, 0.3) is 5.69 Å². The summed E-state index contributed by atoms with van der Waals surface area (Å²) in [5, 5.41) is 18.8. The average Bonchev–Trinajstić information content (AvgIpc) is 3.51. The number of halogens is 3. The minimum Gasteiger partial charge on any atom is -0.472 e. The molecule has 5 rings (SSSR count). The van der Waals surface area contributed by atoms with Crippen molar-refractivity contribution in [2.45, 2.75) is 39.4 Å². The van der Waals surface area contributed by atoms with Gasteiger partial charge in [-0.3, -0.25) is 4.79 Å². The van der Waals surface area contributed by atoms with Crippen LogP contribution in [0.15, 0.2) is 60.8 Å². The number of nitrogens with zero attached hydrogens (tertiary/aromatic N) is 3. The van der Waals surface area contributed by atoms with Crippen molar-refractivity contribution >= 4 is 23.3 Å². The number of esters is 1. The minimum absolute atomic E-state index is 0.00102. The smallest absolute Gasteiger partial charge is 0.337 e. The van der Waals surface area contributed by atoms with Crippen LogP contribution in [0.4, 0.5) is 24.5 Å². The first-order valence-corrected chi connectivity index (χ1v) is 14.5. The number of hydrogen-bond donors (Lipinski definition) is 2. The monoisotopic (exact) mass is 635 g/mol. The number of nitrogens with one attached hydrogen (secondary N) is 2. The Morgan fingerprint density at radius 1 is 1.02 bits per heavy atom. The van der Waals surface area contributed by atoms with Crippen molar-refractivity contribution in [1.29, 1.82) is 5.26 Å². The zero-order valence-corrected chi connectivity index (χ0v) is 25.4. The normalized spacial score (nSPS) is 13.4. The average molecular weight is 636 g/mol. The molecule has 1 aliphatic rings. The first kappa shape index (κ1) is 33.5. The van der Waals surface area contributed by atoms with Crippen LogP contribution in [0.5, 0.6) is 5.88 Å². The highest BCUT2D eigenvalue weighted by molar-refractivity contribution is 5.98. The van der Waals surface area contributed by atoms with Crippen molar-refractivity contribution in [3.05, 3.63) is 100 Å². The minimum atomic E-state index is -0.840. The van der Waals surface area contributed by atoms with Crippen LogP contribution in [-0.4, -0.2) is 48.0 Å². The lowest BCUT2D eigenvalue weighted by atomic mass is 10.1. The van der Waals surface area contributed by atoms with Crippen molar-refractivity contribution in [1.82, 2.24) is 9.78 Å². The molecule has 1 atom stereocenters. The third-order valence-electron chi connectivity index (χ3n) is 6.86. The molecule has 0 aliphatic carbocycles. The molecule has 1 aliphatic heterocycles. The van der Waals surface area contributed by atoms with E-state index in [9.17, 15) is 14.0 Å². The van der Waals surface area contributed by atoms with Gasteiger partial charge in [0.1, 0.15) is 29.7 Å². The maximum atomic E-state index is 15.1. The number of methoxy groups -OCH3 is 1. The van der Waals surface area contributed by atoms with Crippen LogP contribution in [0, 0.1) is 28.8 Å². The summed E-state index contributed by atoms with van der Waals surface area (Å²) in [5.74, 6) is -3.44. The fourth-order valence-electron chi connectivity index (χ4n) is 4.37. The lowest BCUT2D eigenvalue weighted by molar-refractivity contribution is -0.115. The second kappa shape index (κ2) is 15.6. The number of nitriles is 1. The summed E-state index contributed by atoms with van der Waals surface area (Å²) in [6, 6.07) is 13.5. The third-order valence-corrected chi connectivity index (χ3v) is 6.86. The van der Waals surface area contributed by atoms with Gasteiger partial charge in [-0.25, -0.2) is 22.6 Å². The topological polar surface area (TPSA) is 128 Å². The summed E-state index contributed by atoms with van der Waals surface area (Å²) in [6.07, 6.45) is 1.74. The van der Waals surface area contributed by atoms with Gasteiger partial charge in [0.05, 0.1) is 48.2 Å². The van der Waals surface area contributed by atoms with Crippen LogP contribution in [-0.2, 0) is 27.3 Å². The molecule has 2 heterocycles. The lowest BCUT2D eigenvalue weighted by Gasteiger charge is -2.27. The summed E-state index contributed by atoms with van der Waals surface area (Å²) in [6.45, 7) is 4.91. The molecule has 0 bridgehead atoms. The Hall–Kier alpha value is -5.35. The number of carbonyl (C=O) groups excluding carboxylic acids is 2. The van der Waals surface area contributed by atoms with Gasteiger partial charge in [-0.1, -0.05) is 19.9 Å². The Morgan fingerprint density at radius 3 is 2.46 bits per heavy atom. The van der Waals surface area contributed by atoms with E-state index in [-0.39, 0.29) is 46.5 Å². The van der Waals surface area contributed by atoms with Crippen LogP contribution < -0.4 is 15.4 Å². The molecule has 3 aromatic carbocycles. The van der Waals surface area contributed by atoms with Crippen molar-refractivity contribution in [2.24, 2.45) is 0 Å². The summed E-state index contributed by atoms with van der Waals surface area (Å²) in [4.78, 5) is 24.9. The van der Waals surface area contributed by atoms with Gasteiger partial charge in [0, 0.05) is 42.6 Å². The molecular weight excluding hydrogens is 603 g/mol. The van der Waals surface area contributed by atoms with E-state index in [4.69, 9.17) is 19.5 Å². The van der Waals surface area contributed by atoms with Crippen molar-refractivity contribution < 1.29 is 37.0 Å². The van der Waals surface area contributed by atoms with E-state index in [2.05, 4.69) is 15.7 Å². The van der Waals surface area contributed by atoms with E-state index in [1.165, 1.54) is 49.7 Å². The second-order valence-electron chi connectivity index (χ2n) is 9.84. The molecule has 0 saturated carbocycles. The highest BCUT2D eigenvalue weighted by atomic mass is 19.1. The molecule has 240 valence electrons. The summed E-state index contributed by atoms with van der Waals surface area (Å²) in [7, 11) is 1.26. The zero-order chi connectivity index (χ0) is 33.2. The number of benzene rings is 3. The van der Waals surface area contributed by atoms with Crippen LogP contribution in [0.3, 0.4) is 0 Å². The van der Waals surface area contributed by atoms with Gasteiger partial charge < -0.3 is 24.8 Å². The molecule has 1 amide bonds. The number of amides is 1. The predicted octanol–water partition coefficient (Wildman–Crippen LogP) is 5.94. The Balaban J connectivity index is 0.00000235. The SMILES string of the molecule is CC.COC(=O)c1ccc(NC(=O)Cc2cc(F)c(-n3ccc(OCc4ccc(C#N)cc4F)n3)cc2F)c(NC[C@@H]2CCO2)c1. The van der Waals surface area contributed by atoms with E-state index in [0.29, 0.717) is 24.5 Å². The molecule has 1 aromatic heterocycles. The Bertz CT molecular complexity index is 1750. The molecule has 2 N–H and O–H groups in total. The first-order chi connectivity index (χ1) is 22.2. The van der Waals surface area contributed by atoms with E-state index >= 15 is 8.78 Å². The summed E-state index contributed by atoms with van der Waals surface area (Å²) < 4.78 is 60.9. The van der Waals surface area contributed by atoms with Gasteiger partial charge in [-0.2, -0.15) is 5.26 Å².